The van der Waals surface area contributed by atoms with Crippen molar-refractivity contribution in [2.75, 3.05) is 0 Å². The summed E-state index contributed by atoms with van der Waals surface area (Å²) in [6.07, 6.45) is 6.13. The standard InChI is InChI=1S/C13H21NO2/c1-7(16-14)13(15)12-10-3-8-2-9(5-10)6-11(12)4-8/h7-12H,2-6,14H2,1H3. The monoisotopic (exact) mass is 223 g/mol. The number of rotatable bonds is 3. The predicted octanol–water partition coefficient (Wildman–Crippen LogP) is 1.91. The fourth-order valence-electron chi connectivity index (χ4n) is 4.73. The van der Waals surface area contributed by atoms with Crippen LogP contribution in [0.2, 0.25) is 0 Å². The van der Waals surface area contributed by atoms with Gasteiger partial charge in [0.05, 0.1) is 0 Å². The van der Waals surface area contributed by atoms with Gasteiger partial charge < -0.3 is 0 Å². The lowest BCUT2D eigenvalue weighted by molar-refractivity contribution is -0.146. The number of carbonyl (C=O) groups excluding carboxylic acids is 1. The van der Waals surface area contributed by atoms with Gasteiger partial charge >= 0.3 is 0 Å². The van der Waals surface area contributed by atoms with E-state index in [1.807, 2.05) is 0 Å². The summed E-state index contributed by atoms with van der Waals surface area (Å²) in [5, 5.41) is 0. The van der Waals surface area contributed by atoms with E-state index in [1.54, 1.807) is 6.92 Å². The van der Waals surface area contributed by atoms with Crippen LogP contribution in [0.4, 0.5) is 0 Å². The van der Waals surface area contributed by atoms with Crippen molar-refractivity contribution in [2.45, 2.75) is 45.1 Å². The van der Waals surface area contributed by atoms with Crippen molar-refractivity contribution < 1.29 is 9.63 Å². The molecule has 0 radical (unpaired) electrons. The van der Waals surface area contributed by atoms with Gasteiger partial charge in [0.2, 0.25) is 0 Å². The second-order valence-corrected chi connectivity index (χ2v) is 6.14. The molecule has 90 valence electrons. The predicted molar refractivity (Wildman–Crippen MR) is 60.3 cm³/mol. The summed E-state index contributed by atoms with van der Waals surface area (Å²) in [6.45, 7) is 1.79. The van der Waals surface area contributed by atoms with Gasteiger partial charge in [-0.25, -0.2) is 5.90 Å². The number of carbonyl (C=O) groups is 1. The first-order valence-corrected chi connectivity index (χ1v) is 6.58. The van der Waals surface area contributed by atoms with Crippen LogP contribution in [0.15, 0.2) is 0 Å². The Bertz CT molecular complexity index is 274. The number of hydrogen-bond acceptors (Lipinski definition) is 3. The molecule has 4 bridgehead atoms. The van der Waals surface area contributed by atoms with E-state index in [4.69, 9.17) is 10.7 Å². The zero-order valence-corrected chi connectivity index (χ0v) is 9.89. The molecule has 3 heteroatoms. The lowest BCUT2D eigenvalue weighted by Crippen LogP contribution is -2.50. The van der Waals surface area contributed by atoms with E-state index in [2.05, 4.69) is 0 Å². The molecular formula is C13H21NO2. The van der Waals surface area contributed by atoms with E-state index in [9.17, 15) is 4.79 Å². The average Bonchev–Trinajstić information content (AvgIpc) is 2.26. The Hall–Kier alpha value is -0.410. The smallest absolute Gasteiger partial charge is 0.166 e. The Morgan fingerprint density at radius 1 is 1.12 bits per heavy atom. The van der Waals surface area contributed by atoms with Crippen molar-refractivity contribution >= 4 is 5.78 Å². The van der Waals surface area contributed by atoms with Gasteiger partial charge in [-0.3, -0.25) is 9.63 Å². The maximum atomic E-state index is 12.3. The Kier molecular flexibility index (Phi) is 2.55. The van der Waals surface area contributed by atoms with Gasteiger partial charge in [-0.2, -0.15) is 0 Å². The van der Waals surface area contributed by atoms with Gasteiger partial charge in [-0.05, 0) is 62.7 Å². The van der Waals surface area contributed by atoms with Crippen LogP contribution < -0.4 is 5.90 Å². The summed E-state index contributed by atoms with van der Waals surface area (Å²) in [5.41, 5.74) is 0. The molecule has 0 aliphatic heterocycles. The Morgan fingerprint density at radius 2 is 1.62 bits per heavy atom. The second-order valence-electron chi connectivity index (χ2n) is 6.14. The van der Waals surface area contributed by atoms with Gasteiger partial charge in [0.25, 0.3) is 0 Å². The quantitative estimate of drug-likeness (QED) is 0.743. The van der Waals surface area contributed by atoms with Crippen LogP contribution in [-0.4, -0.2) is 11.9 Å². The van der Waals surface area contributed by atoms with Gasteiger partial charge in [-0.15, -0.1) is 0 Å². The molecule has 4 fully saturated rings. The molecule has 0 aromatic carbocycles. The van der Waals surface area contributed by atoms with Crippen molar-refractivity contribution in [1.82, 2.24) is 0 Å². The summed E-state index contributed by atoms with van der Waals surface area (Å²) in [5.74, 6) is 8.78. The zero-order chi connectivity index (χ0) is 11.3. The first-order chi connectivity index (χ1) is 7.69. The molecule has 0 aromatic rings. The van der Waals surface area contributed by atoms with E-state index >= 15 is 0 Å². The second kappa shape index (κ2) is 3.81. The third-order valence-electron chi connectivity index (χ3n) is 5.16. The lowest BCUT2D eigenvalue weighted by atomic mass is 9.51. The SMILES string of the molecule is CC(ON)C(=O)C1C2CC3CC(C2)CC1C3. The normalized spacial score (nSPS) is 47.0. The van der Waals surface area contributed by atoms with E-state index in [0.717, 1.165) is 11.8 Å². The van der Waals surface area contributed by atoms with Gasteiger partial charge in [0, 0.05) is 5.92 Å². The number of nitrogens with two attached hydrogens (primary N) is 1. The van der Waals surface area contributed by atoms with Crippen LogP contribution in [-0.2, 0) is 9.63 Å². The molecule has 4 aliphatic rings. The van der Waals surface area contributed by atoms with Crippen LogP contribution in [0.5, 0.6) is 0 Å². The third kappa shape index (κ3) is 1.52. The molecule has 4 aliphatic carbocycles. The van der Waals surface area contributed by atoms with E-state index in [-0.39, 0.29) is 11.7 Å². The molecule has 0 saturated heterocycles. The highest BCUT2D eigenvalue weighted by Gasteiger charge is 2.51. The van der Waals surface area contributed by atoms with Crippen LogP contribution in [0.3, 0.4) is 0 Å². The van der Waals surface area contributed by atoms with Crippen molar-refractivity contribution in [3.05, 3.63) is 0 Å². The summed E-state index contributed by atoms with van der Waals surface area (Å²) >= 11 is 0. The van der Waals surface area contributed by atoms with Crippen molar-refractivity contribution in [1.29, 1.82) is 0 Å². The summed E-state index contributed by atoms with van der Waals surface area (Å²) < 4.78 is 0. The zero-order valence-electron chi connectivity index (χ0n) is 9.89. The molecule has 2 N–H and O–H groups in total. The minimum absolute atomic E-state index is 0.256. The first kappa shape index (κ1) is 10.7. The molecule has 4 saturated carbocycles. The maximum absolute atomic E-state index is 12.3. The van der Waals surface area contributed by atoms with Gasteiger partial charge in [0.15, 0.2) is 5.78 Å². The first-order valence-electron chi connectivity index (χ1n) is 6.58. The van der Waals surface area contributed by atoms with Crippen LogP contribution in [0.25, 0.3) is 0 Å². The molecular weight excluding hydrogens is 202 g/mol. The molecule has 0 amide bonds. The van der Waals surface area contributed by atoms with Gasteiger partial charge in [0.1, 0.15) is 6.10 Å². The largest absolute Gasteiger partial charge is 0.296 e. The molecule has 3 nitrogen and oxygen atoms in total. The Balaban J connectivity index is 1.79. The highest BCUT2D eigenvalue weighted by Crippen LogP contribution is 2.56. The fraction of sp³-hybridized carbons (Fsp3) is 0.923. The van der Waals surface area contributed by atoms with Crippen LogP contribution >= 0.6 is 0 Å². The fourth-order valence-corrected chi connectivity index (χ4v) is 4.73. The number of hydrogen-bond donors (Lipinski definition) is 1. The van der Waals surface area contributed by atoms with Crippen molar-refractivity contribution in [3.63, 3.8) is 0 Å². The summed E-state index contributed by atoms with van der Waals surface area (Å²) in [6, 6.07) is 0. The molecule has 0 heterocycles. The van der Waals surface area contributed by atoms with Crippen molar-refractivity contribution in [3.8, 4) is 0 Å². The van der Waals surface area contributed by atoms with Gasteiger partial charge in [-0.1, -0.05) is 0 Å². The molecule has 16 heavy (non-hydrogen) atoms. The molecule has 0 spiro atoms. The van der Waals surface area contributed by atoms with E-state index in [1.165, 1.54) is 32.1 Å². The Labute approximate surface area is 96.7 Å². The number of ketones is 1. The third-order valence-corrected chi connectivity index (χ3v) is 5.16. The average molecular weight is 223 g/mol. The highest BCUT2D eigenvalue weighted by atomic mass is 16.6. The number of Topliss-reactive ketones (excluding diaryl/α,β-unsaturated/α-hetero) is 1. The Morgan fingerprint density at radius 3 is 2.06 bits per heavy atom. The maximum Gasteiger partial charge on any atom is 0.166 e. The van der Waals surface area contributed by atoms with E-state index < -0.39 is 6.10 Å². The van der Waals surface area contributed by atoms with Crippen molar-refractivity contribution in [2.24, 2.45) is 35.5 Å². The molecule has 1 atom stereocenters. The molecule has 1 unspecified atom stereocenters. The van der Waals surface area contributed by atoms with Crippen LogP contribution in [0.1, 0.15) is 39.0 Å². The lowest BCUT2D eigenvalue weighted by Gasteiger charge is -2.54. The molecule has 4 rings (SSSR count). The minimum Gasteiger partial charge on any atom is -0.296 e. The van der Waals surface area contributed by atoms with Crippen LogP contribution in [0, 0.1) is 29.6 Å². The molecule has 0 aromatic heterocycles. The topological polar surface area (TPSA) is 52.3 Å². The highest BCUT2D eigenvalue weighted by molar-refractivity contribution is 5.85. The van der Waals surface area contributed by atoms with E-state index in [0.29, 0.717) is 11.8 Å². The summed E-state index contributed by atoms with van der Waals surface area (Å²) in [4.78, 5) is 17.0. The minimum atomic E-state index is -0.414. The summed E-state index contributed by atoms with van der Waals surface area (Å²) in [7, 11) is 0.